The van der Waals surface area contributed by atoms with Gasteiger partial charge in [0.1, 0.15) is 0 Å². The highest BCUT2D eigenvalue weighted by atomic mass is 79.9. The number of hydrogen-bond donors (Lipinski definition) is 0. The fourth-order valence-electron chi connectivity index (χ4n) is 1.97. The number of halogens is 1. The average Bonchev–Trinajstić information content (AvgIpc) is 2.84. The van der Waals surface area contributed by atoms with E-state index in [0.29, 0.717) is 36.6 Å². The number of amides is 3. The van der Waals surface area contributed by atoms with Crippen molar-refractivity contribution in [3.63, 3.8) is 0 Å². The van der Waals surface area contributed by atoms with Crippen LogP contribution < -0.4 is 0 Å². The van der Waals surface area contributed by atoms with Gasteiger partial charge in [0.15, 0.2) is 10.4 Å². The van der Waals surface area contributed by atoms with E-state index in [0.717, 1.165) is 0 Å². The Bertz CT molecular complexity index is 478. The summed E-state index contributed by atoms with van der Waals surface area (Å²) in [7, 11) is 3.44. The minimum Gasteiger partial charge on any atom is -0.444 e. The molecule has 1 aliphatic rings. The molecule has 7 heteroatoms. The smallest absolute Gasteiger partial charge is 0.319 e. The highest BCUT2D eigenvalue weighted by Crippen LogP contribution is 2.16. The number of furan rings is 1. The Morgan fingerprint density at radius 2 is 1.74 bits per heavy atom. The van der Waals surface area contributed by atoms with Gasteiger partial charge in [-0.05, 0) is 28.1 Å². The summed E-state index contributed by atoms with van der Waals surface area (Å²) in [5.74, 6) is 0.182. The van der Waals surface area contributed by atoms with Crippen molar-refractivity contribution in [1.29, 1.82) is 0 Å². The van der Waals surface area contributed by atoms with Gasteiger partial charge in [0.25, 0.3) is 5.91 Å². The van der Waals surface area contributed by atoms with Crippen LogP contribution in [0, 0.1) is 0 Å². The average molecular weight is 330 g/mol. The molecule has 0 aromatic carbocycles. The topological polar surface area (TPSA) is 57.0 Å². The van der Waals surface area contributed by atoms with Crippen LogP contribution in [-0.2, 0) is 0 Å². The third-order valence-electron chi connectivity index (χ3n) is 3.00. The number of urea groups is 1. The summed E-state index contributed by atoms with van der Waals surface area (Å²) in [5.41, 5.74) is 0. The molecule has 1 aromatic rings. The Balaban J connectivity index is 1.93. The molecule has 0 atom stereocenters. The maximum atomic E-state index is 12.1. The maximum absolute atomic E-state index is 12.1. The first-order chi connectivity index (χ1) is 8.99. The quantitative estimate of drug-likeness (QED) is 0.784. The van der Waals surface area contributed by atoms with E-state index in [1.807, 2.05) is 0 Å². The molecule has 0 saturated carbocycles. The van der Waals surface area contributed by atoms with Crippen molar-refractivity contribution < 1.29 is 14.0 Å². The van der Waals surface area contributed by atoms with Crippen molar-refractivity contribution in [2.75, 3.05) is 40.3 Å². The molecular formula is C12H16BrN3O3. The van der Waals surface area contributed by atoms with Crippen LogP contribution in [-0.4, -0.2) is 66.9 Å². The van der Waals surface area contributed by atoms with Gasteiger partial charge in [-0.25, -0.2) is 4.79 Å². The molecular weight excluding hydrogens is 314 g/mol. The van der Waals surface area contributed by atoms with E-state index in [1.54, 1.807) is 40.9 Å². The maximum Gasteiger partial charge on any atom is 0.319 e. The molecule has 0 radical (unpaired) electrons. The second kappa shape index (κ2) is 5.64. The first-order valence-corrected chi connectivity index (χ1v) is 6.79. The highest BCUT2D eigenvalue weighted by Gasteiger charge is 2.26. The van der Waals surface area contributed by atoms with E-state index in [-0.39, 0.29) is 11.9 Å². The summed E-state index contributed by atoms with van der Waals surface area (Å²) in [6, 6.07) is 3.32. The molecule has 2 rings (SSSR count). The third kappa shape index (κ3) is 3.09. The number of carbonyl (C=O) groups excluding carboxylic acids is 2. The first-order valence-electron chi connectivity index (χ1n) is 6.00. The minimum absolute atomic E-state index is 0.0205. The van der Waals surface area contributed by atoms with Gasteiger partial charge >= 0.3 is 6.03 Å². The van der Waals surface area contributed by atoms with E-state index in [1.165, 1.54) is 0 Å². The van der Waals surface area contributed by atoms with Crippen molar-refractivity contribution in [2.24, 2.45) is 0 Å². The predicted octanol–water partition coefficient (Wildman–Crippen LogP) is 1.48. The molecule has 1 fully saturated rings. The lowest BCUT2D eigenvalue weighted by atomic mass is 10.3. The van der Waals surface area contributed by atoms with Crippen LogP contribution in [0.25, 0.3) is 0 Å². The Morgan fingerprint density at radius 3 is 2.21 bits per heavy atom. The molecule has 19 heavy (non-hydrogen) atoms. The highest BCUT2D eigenvalue weighted by molar-refractivity contribution is 9.10. The van der Waals surface area contributed by atoms with Crippen molar-refractivity contribution in [3.8, 4) is 0 Å². The van der Waals surface area contributed by atoms with Crippen molar-refractivity contribution in [3.05, 3.63) is 22.6 Å². The van der Waals surface area contributed by atoms with Gasteiger partial charge in [-0.2, -0.15) is 0 Å². The fraction of sp³-hybridized carbons (Fsp3) is 0.500. The molecule has 0 bridgehead atoms. The number of hydrogen-bond acceptors (Lipinski definition) is 3. The number of carbonyl (C=O) groups is 2. The van der Waals surface area contributed by atoms with E-state index in [2.05, 4.69) is 15.9 Å². The first kappa shape index (κ1) is 13.9. The summed E-state index contributed by atoms with van der Waals surface area (Å²) in [5, 5.41) is 0. The zero-order valence-corrected chi connectivity index (χ0v) is 12.5. The van der Waals surface area contributed by atoms with Crippen molar-refractivity contribution >= 4 is 27.9 Å². The Hall–Kier alpha value is -1.50. The monoisotopic (exact) mass is 329 g/mol. The lowest BCUT2D eigenvalue weighted by molar-refractivity contribution is 0.0619. The molecule has 1 saturated heterocycles. The summed E-state index contributed by atoms with van der Waals surface area (Å²) < 4.78 is 5.79. The lowest BCUT2D eigenvalue weighted by Crippen LogP contribution is -2.52. The fourth-order valence-corrected chi connectivity index (χ4v) is 2.28. The van der Waals surface area contributed by atoms with Crippen LogP contribution in [0.5, 0.6) is 0 Å². The predicted molar refractivity (Wildman–Crippen MR) is 73.0 cm³/mol. The van der Waals surface area contributed by atoms with Gasteiger partial charge < -0.3 is 19.1 Å². The summed E-state index contributed by atoms with van der Waals surface area (Å²) in [4.78, 5) is 28.9. The Morgan fingerprint density at radius 1 is 1.16 bits per heavy atom. The number of rotatable bonds is 1. The molecule has 0 N–H and O–H groups in total. The van der Waals surface area contributed by atoms with E-state index >= 15 is 0 Å². The standard InChI is InChI=1S/C12H16BrN3O3/c1-14(2)12(18)16-7-5-15(6-8-16)11(17)9-3-4-10(13)19-9/h3-4H,5-8H2,1-2H3. The Labute approximate surface area is 120 Å². The zero-order valence-electron chi connectivity index (χ0n) is 10.9. The molecule has 0 unspecified atom stereocenters. The van der Waals surface area contributed by atoms with E-state index in [4.69, 9.17) is 4.42 Å². The summed E-state index contributed by atoms with van der Waals surface area (Å²) in [6.07, 6.45) is 0. The van der Waals surface area contributed by atoms with Crippen LogP contribution in [0.1, 0.15) is 10.6 Å². The lowest BCUT2D eigenvalue weighted by Gasteiger charge is -2.35. The molecule has 3 amide bonds. The van der Waals surface area contributed by atoms with E-state index < -0.39 is 0 Å². The largest absolute Gasteiger partial charge is 0.444 e. The number of piperazine rings is 1. The van der Waals surface area contributed by atoms with Crippen molar-refractivity contribution in [1.82, 2.24) is 14.7 Å². The minimum atomic E-state index is -0.136. The van der Waals surface area contributed by atoms with Crippen LogP contribution in [0.3, 0.4) is 0 Å². The molecule has 2 heterocycles. The Kier molecular flexibility index (Phi) is 4.14. The van der Waals surface area contributed by atoms with Gasteiger partial charge in [0, 0.05) is 40.3 Å². The molecule has 6 nitrogen and oxygen atoms in total. The number of nitrogens with zero attached hydrogens (tertiary/aromatic N) is 3. The van der Waals surface area contributed by atoms with Crippen LogP contribution >= 0.6 is 15.9 Å². The second-order valence-corrected chi connectivity index (χ2v) is 5.34. The van der Waals surface area contributed by atoms with Crippen LogP contribution in [0.2, 0.25) is 0 Å². The molecule has 1 aromatic heterocycles. The SMILES string of the molecule is CN(C)C(=O)N1CCN(C(=O)c2ccc(Br)o2)CC1. The van der Waals surface area contributed by atoms with Gasteiger partial charge in [-0.3, -0.25) is 4.79 Å². The molecule has 0 spiro atoms. The third-order valence-corrected chi connectivity index (χ3v) is 3.43. The van der Waals surface area contributed by atoms with Crippen LogP contribution in [0.4, 0.5) is 4.79 Å². The van der Waals surface area contributed by atoms with Gasteiger partial charge in [-0.15, -0.1) is 0 Å². The van der Waals surface area contributed by atoms with E-state index in [9.17, 15) is 9.59 Å². The second-order valence-electron chi connectivity index (χ2n) is 4.56. The summed E-state index contributed by atoms with van der Waals surface area (Å²) >= 11 is 3.17. The molecule has 0 aliphatic carbocycles. The van der Waals surface area contributed by atoms with Crippen LogP contribution in [0.15, 0.2) is 21.2 Å². The van der Waals surface area contributed by atoms with Crippen molar-refractivity contribution in [2.45, 2.75) is 0 Å². The zero-order chi connectivity index (χ0) is 14.0. The normalized spacial score (nSPS) is 15.5. The van der Waals surface area contributed by atoms with Gasteiger partial charge in [-0.1, -0.05) is 0 Å². The molecule has 1 aliphatic heterocycles. The van der Waals surface area contributed by atoms with Gasteiger partial charge in [0.05, 0.1) is 0 Å². The molecule has 104 valence electrons. The van der Waals surface area contributed by atoms with Gasteiger partial charge in [0.2, 0.25) is 0 Å². The summed E-state index contributed by atoms with van der Waals surface area (Å²) in [6.45, 7) is 2.14.